The smallest absolute Gasteiger partial charge is 0.328 e. The fraction of sp³-hybridized carbons (Fsp3) is 0.444. The molecule has 2 aromatic rings. The number of fused-ring (bicyclic) bond motifs is 1. The summed E-state index contributed by atoms with van der Waals surface area (Å²) in [4.78, 5) is 27.6. The number of aromatic nitrogens is 4. The topological polar surface area (TPSA) is 81.7 Å². The van der Waals surface area contributed by atoms with Crippen molar-refractivity contribution in [3.63, 3.8) is 0 Å². The molecule has 85 valence electrons. The molecule has 1 radical (unpaired) electrons. The lowest BCUT2D eigenvalue weighted by Crippen LogP contribution is -2.40. The predicted molar refractivity (Wildman–Crippen MR) is 55.8 cm³/mol. The first-order valence-corrected chi connectivity index (χ1v) is 4.77. The Morgan fingerprint density at radius 2 is 2.00 bits per heavy atom. The van der Waals surface area contributed by atoms with Crippen molar-refractivity contribution in [2.45, 2.75) is 6.54 Å². The average molecular weight is 223 g/mol. The van der Waals surface area contributed by atoms with Gasteiger partial charge in [0.05, 0.1) is 12.9 Å². The minimum absolute atomic E-state index is 0.118. The molecule has 0 saturated heterocycles. The van der Waals surface area contributed by atoms with E-state index in [1.165, 1.54) is 17.9 Å². The van der Waals surface area contributed by atoms with E-state index in [4.69, 9.17) is 0 Å². The quantitative estimate of drug-likeness (QED) is 0.645. The predicted octanol–water partition coefficient (Wildman–Crippen LogP) is -1.14. The Labute approximate surface area is 90.2 Å². The van der Waals surface area contributed by atoms with Gasteiger partial charge < -0.3 is 4.57 Å². The SMILES string of the molecule is Cn1cnc2c1c(=O)n(CC[O])c(=O)n2C. The van der Waals surface area contributed by atoms with E-state index in [2.05, 4.69) is 4.98 Å². The molecule has 0 fully saturated rings. The second-order valence-corrected chi connectivity index (χ2v) is 3.53. The van der Waals surface area contributed by atoms with Crippen molar-refractivity contribution < 1.29 is 5.11 Å². The summed E-state index contributed by atoms with van der Waals surface area (Å²) in [5, 5.41) is 10.5. The molecule has 0 unspecified atom stereocenters. The third kappa shape index (κ3) is 1.28. The normalized spacial score (nSPS) is 11.2. The van der Waals surface area contributed by atoms with Gasteiger partial charge in [0.15, 0.2) is 11.2 Å². The molecule has 0 aromatic carbocycles. The van der Waals surface area contributed by atoms with Crippen molar-refractivity contribution in [2.75, 3.05) is 6.61 Å². The first-order valence-electron chi connectivity index (χ1n) is 4.77. The largest absolute Gasteiger partial charge is 0.332 e. The van der Waals surface area contributed by atoms with Crippen LogP contribution in [0.4, 0.5) is 0 Å². The molecular weight excluding hydrogens is 212 g/mol. The van der Waals surface area contributed by atoms with Gasteiger partial charge in [0.2, 0.25) is 0 Å². The van der Waals surface area contributed by atoms with Crippen LogP contribution in [0, 0.1) is 0 Å². The first kappa shape index (κ1) is 10.6. The first-order chi connectivity index (χ1) is 7.57. The summed E-state index contributed by atoms with van der Waals surface area (Å²) < 4.78 is 3.75. The van der Waals surface area contributed by atoms with Gasteiger partial charge in [0, 0.05) is 14.1 Å². The fourth-order valence-electron chi connectivity index (χ4n) is 1.68. The van der Waals surface area contributed by atoms with Crippen LogP contribution in [-0.2, 0) is 25.7 Å². The lowest BCUT2D eigenvalue weighted by Gasteiger charge is -2.06. The van der Waals surface area contributed by atoms with Crippen LogP contribution in [0.1, 0.15) is 0 Å². The van der Waals surface area contributed by atoms with Gasteiger partial charge in [-0.25, -0.2) is 14.9 Å². The van der Waals surface area contributed by atoms with Gasteiger partial charge in [-0.1, -0.05) is 0 Å². The van der Waals surface area contributed by atoms with Gasteiger partial charge in [-0.3, -0.25) is 13.9 Å². The Morgan fingerprint density at radius 1 is 1.31 bits per heavy atom. The standard InChI is InChI=1S/C9H11N4O3/c1-11-5-10-7-6(11)8(15)13(3-4-14)9(16)12(7)2/h5H,3-4H2,1-2H3. The molecule has 0 amide bonds. The number of hydrogen-bond acceptors (Lipinski definition) is 3. The molecule has 0 aliphatic rings. The minimum atomic E-state index is -0.507. The Hall–Kier alpha value is -1.89. The van der Waals surface area contributed by atoms with Gasteiger partial charge in [0.1, 0.15) is 6.61 Å². The molecule has 16 heavy (non-hydrogen) atoms. The zero-order valence-corrected chi connectivity index (χ0v) is 9.01. The molecule has 0 aliphatic heterocycles. The van der Waals surface area contributed by atoms with Crippen LogP contribution in [0.2, 0.25) is 0 Å². The van der Waals surface area contributed by atoms with Crippen molar-refractivity contribution in [1.29, 1.82) is 0 Å². The highest BCUT2D eigenvalue weighted by Gasteiger charge is 2.13. The number of imidazole rings is 1. The summed E-state index contributed by atoms with van der Waals surface area (Å²) in [7, 11) is 3.20. The third-order valence-corrected chi connectivity index (χ3v) is 2.52. The Bertz CT molecular complexity index is 649. The van der Waals surface area contributed by atoms with E-state index in [0.29, 0.717) is 11.2 Å². The second-order valence-electron chi connectivity index (χ2n) is 3.53. The summed E-state index contributed by atoms with van der Waals surface area (Å²) in [5.74, 6) is 0. The maximum absolute atomic E-state index is 11.9. The van der Waals surface area contributed by atoms with E-state index in [0.717, 1.165) is 4.57 Å². The zero-order valence-electron chi connectivity index (χ0n) is 9.01. The molecule has 0 aliphatic carbocycles. The van der Waals surface area contributed by atoms with E-state index in [-0.39, 0.29) is 6.54 Å². The lowest BCUT2D eigenvalue weighted by atomic mass is 10.5. The van der Waals surface area contributed by atoms with Gasteiger partial charge in [-0.15, -0.1) is 0 Å². The van der Waals surface area contributed by atoms with Crippen LogP contribution in [0.25, 0.3) is 11.2 Å². The maximum atomic E-state index is 11.9. The van der Waals surface area contributed by atoms with Crippen LogP contribution in [0.15, 0.2) is 15.9 Å². The Morgan fingerprint density at radius 3 is 2.62 bits per heavy atom. The molecular formula is C9H11N4O3. The van der Waals surface area contributed by atoms with Crippen LogP contribution in [-0.4, -0.2) is 25.3 Å². The van der Waals surface area contributed by atoms with E-state index in [9.17, 15) is 14.7 Å². The zero-order chi connectivity index (χ0) is 11.9. The number of aryl methyl sites for hydroxylation is 2. The van der Waals surface area contributed by atoms with Crippen LogP contribution < -0.4 is 11.2 Å². The third-order valence-electron chi connectivity index (χ3n) is 2.52. The highest BCUT2D eigenvalue weighted by molar-refractivity contribution is 5.69. The van der Waals surface area contributed by atoms with Crippen molar-refractivity contribution in [3.8, 4) is 0 Å². The molecule has 0 atom stereocenters. The number of nitrogens with zero attached hydrogens (tertiary/aromatic N) is 4. The van der Waals surface area contributed by atoms with Crippen LogP contribution in [0.5, 0.6) is 0 Å². The molecule has 2 heterocycles. The summed E-state index contributed by atoms with van der Waals surface area (Å²) in [6.45, 7) is -0.620. The van der Waals surface area contributed by atoms with Gasteiger partial charge in [-0.2, -0.15) is 0 Å². The molecule has 0 bridgehead atoms. The highest BCUT2D eigenvalue weighted by Crippen LogP contribution is 2.02. The second kappa shape index (κ2) is 3.60. The van der Waals surface area contributed by atoms with Crippen LogP contribution >= 0.6 is 0 Å². The summed E-state index contributed by atoms with van der Waals surface area (Å²) in [6.07, 6.45) is 1.47. The summed E-state index contributed by atoms with van der Waals surface area (Å²) >= 11 is 0. The van der Waals surface area contributed by atoms with E-state index >= 15 is 0 Å². The van der Waals surface area contributed by atoms with Gasteiger partial charge >= 0.3 is 5.69 Å². The molecule has 0 N–H and O–H groups in total. The van der Waals surface area contributed by atoms with Crippen molar-refractivity contribution in [3.05, 3.63) is 27.2 Å². The molecule has 7 heteroatoms. The van der Waals surface area contributed by atoms with Gasteiger partial charge in [-0.05, 0) is 0 Å². The number of hydrogen-bond donors (Lipinski definition) is 0. The van der Waals surface area contributed by atoms with E-state index in [1.54, 1.807) is 11.6 Å². The van der Waals surface area contributed by atoms with Crippen molar-refractivity contribution in [2.24, 2.45) is 14.1 Å². The average Bonchev–Trinajstić information content (AvgIpc) is 2.64. The van der Waals surface area contributed by atoms with Crippen LogP contribution in [0.3, 0.4) is 0 Å². The monoisotopic (exact) mass is 223 g/mol. The molecule has 0 saturated carbocycles. The molecule has 0 spiro atoms. The number of rotatable bonds is 2. The fourth-order valence-corrected chi connectivity index (χ4v) is 1.68. The van der Waals surface area contributed by atoms with Crippen molar-refractivity contribution in [1.82, 2.24) is 18.7 Å². The van der Waals surface area contributed by atoms with Crippen molar-refractivity contribution >= 4 is 11.2 Å². The van der Waals surface area contributed by atoms with E-state index < -0.39 is 17.9 Å². The Kier molecular flexibility index (Phi) is 2.39. The maximum Gasteiger partial charge on any atom is 0.332 e. The van der Waals surface area contributed by atoms with Gasteiger partial charge in [0.25, 0.3) is 5.56 Å². The molecule has 2 aromatic heterocycles. The highest BCUT2D eigenvalue weighted by atomic mass is 16.3. The minimum Gasteiger partial charge on any atom is -0.328 e. The summed E-state index contributed by atoms with van der Waals surface area (Å²) in [5.41, 5.74) is -0.309. The molecule has 7 nitrogen and oxygen atoms in total. The lowest BCUT2D eigenvalue weighted by molar-refractivity contribution is 0.178. The molecule has 2 rings (SSSR count). The van der Waals surface area contributed by atoms with E-state index in [1.807, 2.05) is 0 Å². The summed E-state index contributed by atoms with van der Waals surface area (Å²) in [6, 6.07) is 0. The Balaban J connectivity index is 2.98.